The maximum atomic E-state index is 12.1. The second-order valence-electron chi connectivity index (χ2n) is 5.42. The van der Waals surface area contributed by atoms with E-state index in [9.17, 15) is 33.6 Å². The van der Waals surface area contributed by atoms with Gasteiger partial charge in [0.15, 0.2) is 0 Å². The molecule has 2 heterocycles. The summed E-state index contributed by atoms with van der Waals surface area (Å²) in [4.78, 5) is 50.3. The van der Waals surface area contributed by atoms with Crippen molar-refractivity contribution in [2.45, 2.75) is 24.5 Å². The van der Waals surface area contributed by atoms with Crippen LogP contribution in [0, 0.1) is 0 Å². The van der Waals surface area contributed by atoms with Gasteiger partial charge < -0.3 is 40.3 Å². The summed E-state index contributed by atoms with van der Waals surface area (Å²) in [5.41, 5.74) is 4.30. The number of hydrogen-bond acceptors (Lipinski definition) is 12. The van der Waals surface area contributed by atoms with Gasteiger partial charge in [-0.05, 0) is 6.07 Å². The van der Waals surface area contributed by atoms with Gasteiger partial charge in [0.1, 0.15) is 12.0 Å². The minimum absolute atomic E-state index is 0. The van der Waals surface area contributed by atoms with Crippen LogP contribution in [0.4, 0.5) is 5.82 Å². The number of nitrogen functional groups attached to an aromatic ring is 1. The van der Waals surface area contributed by atoms with Gasteiger partial charge in [-0.1, -0.05) is 6.10 Å². The van der Waals surface area contributed by atoms with Crippen molar-refractivity contribution in [3.05, 3.63) is 22.7 Å². The molecule has 1 aromatic heterocycles. The van der Waals surface area contributed by atoms with E-state index in [4.69, 9.17) is 25.2 Å². The molecule has 31 heavy (non-hydrogen) atoms. The van der Waals surface area contributed by atoms with Crippen LogP contribution in [0.2, 0.25) is 0 Å². The van der Waals surface area contributed by atoms with Gasteiger partial charge in [0.05, 0.1) is 12.7 Å². The minimum atomic E-state index is -5.74. The molecule has 22 heteroatoms. The van der Waals surface area contributed by atoms with E-state index in [1.54, 1.807) is 0 Å². The second-order valence-corrected chi connectivity index (χ2v) is 9.84. The number of phosphoric acid groups is 3. The molecular weight excluding hydrogens is 513 g/mol. The first kappa shape index (κ1) is 32.0. The van der Waals surface area contributed by atoms with Gasteiger partial charge in [0, 0.05) is 6.20 Å². The zero-order valence-corrected chi connectivity index (χ0v) is 22.5. The van der Waals surface area contributed by atoms with Crippen molar-refractivity contribution in [1.29, 1.82) is 0 Å². The Balaban J connectivity index is 0.00000450. The zero-order valence-electron chi connectivity index (χ0n) is 15.9. The van der Waals surface area contributed by atoms with Crippen LogP contribution in [0.3, 0.4) is 0 Å². The quantitative estimate of drug-likeness (QED) is 0.155. The van der Waals surface area contributed by atoms with Gasteiger partial charge in [0.2, 0.25) is 0 Å². The standard InChI is InChI=1S/C9H14N3O14P3.2Na/c10-5-1-2-12(9(15)11-5)8-7(14)6(13)4(24-8)3-23-28(19,20)26-29(21,22)25-27(16,17)18;;/h1-2,4,6-8H,3H2,(H,19,20)(H,21,22)(H2,10,11,15)(H2,16,17,18);;/q-2;2*+1. The zero-order chi connectivity index (χ0) is 22.2. The summed E-state index contributed by atoms with van der Waals surface area (Å²) in [5.74, 6) is -0.158. The van der Waals surface area contributed by atoms with Crippen molar-refractivity contribution < 1.29 is 120 Å². The summed E-state index contributed by atoms with van der Waals surface area (Å²) in [6.45, 7) is -1.12. The Morgan fingerprint density at radius 1 is 1.10 bits per heavy atom. The average Bonchev–Trinajstić information content (AvgIpc) is 2.78. The Bertz CT molecular complexity index is 956. The van der Waals surface area contributed by atoms with E-state index in [1.807, 2.05) is 0 Å². The van der Waals surface area contributed by atoms with Crippen LogP contribution in [0.1, 0.15) is 6.23 Å². The SMILES string of the molecule is Nc1ccn(C2OC(COP(=O)(O)OP(=O)(O)OP(=O)(O)O)C([O-])C2[O-])c(=O)n1.[Na+].[Na+]. The first-order valence-electron chi connectivity index (χ1n) is 7.20. The number of nitrogens with two attached hydrogens (primary N) is 1. The maximum Gasteiger partial charge on any atom is 1.00 e. The summed E-state index contributed by atoms with van der Waals surface area (Å²) in [7, 11) is -16.8. The van der Waals surface area contributed by atoms with E-state index in [0.29, 0.717) is 4.57 Å². The fourth-order valence-electron chi connectivity index (χ4n) is 2.16. The molecule has 6 atom stereocenters. The minimum Gasteiger partial charge on any atom is -0.851 e. The predicted octanol–water partition coefficient (Wildman–Crippen LogP) is -9.47. The molecule has 17 nitrogen and oxygen atoms in total. The number of hydrogen-bond donors (Lipinski definition) is 5. The van der Waals surface area contributed by atoms with E-state index in [0.717, 1.165) is 12.3 Å². The molecular formula is C9H14N3Na2O14P3. The molecule has 6 unspecified atom stereocenters. The van der Waals surface area contributed by atoms with Crippen molar-refractivity contribution in [1.82, 2.24) is 9.55 Å². The summed E-state index contributed by atoms with van der Waals surface area (Å²) >= 11 is 0. The molecule has 0 bridgehead atoms. The van der Waals surface area contributed by atoms with Crippen molar-refractivity contribution in [2.75, 3.05) is 12.3 Å². The van der Waals surface area contributed by atoms with Crippen LogP contribution in [-0.2, 0) is 31.6 Å². The van der Waals surface area contributed by atoms with Crippen LogP contribution in [0.25, 0.3) is 0 Å². The second kappa shape index (κ2) is 12.1. The van der Waals surface area contributed by atoms with Crippen LogP contribution in [0.5, 0.6) is 0 Å². The molecule has 1 aliphatic rings. The molecule has 166 valence electrons. The van der Waals surface area contributed by atoms with Gasteiger partial charge in [0.25, 0.3) is 0 Å². The third kappa shape index (κ3) is 9.62. The molecule has 1 saturated heterocycles. The molecule has 1 fully saturated rings. The Hall–Kier alpha value is 0.970. The average molecular weight is 527 g/mol. The number of nitrogens with zero attached hydrogens (tertiary/aromatic N) is 2. The molecule has 0 amide bonds. The van der Waals surface area contributed by atoms with E-state index >= 15 is 0 Å². The maximum absolute atomic E-state index is 12.1. The number of anilines is 1. The molecule has 2 rings (SSSR count). The summed E-state index contributed by atoms with van der Waals surface area (Å²) in [6.07, 6.45) is -6.52. The molecule has 0 spiro atoms. The monoisotopic (exact) mass is 527 g/mol. The van der Waals surface area contributed by atoms with Gasteiger partial charge in [-0.3, -0.25) is 9.09 Å². The van der Waals surface area contributed by atoms with Crippen LogP contribution >= 0.6 is 23.5 Å². The molecule has 6 N–H and O–H groups in total. The predicted molar refractivity (Wildman–Crippen MR) is 84.2 cm³/mol. The van der Waals surface area contributed by atoms with Crippen molar-refractivity contribution >= 4 is 29.3 Å². The molecule has 0 aliphatic carbocycles. The van der Waals surface area contributed by atoms with E-state index < -0.39 is 60.3 Å². The number of ether oxygens (including phenoxy) is 1. The summed E-state index contributed by atoms with van der Waals surface area (Å²) < 4.78 is 50.3. The number of phosphoric ester groups is 1. The van der Waals surface area contributed by atoms with Crippen LogP contribution in [-0.4, -0.2) is 54.0 Å². The van der Waals surface area contributed by atoms with Gasteiger partial charge in [-0.15, -0.1) is 6.10 Å². The van der Waals surface area contributed by atoms with Crippen molar-refractivity contribution in [2.24, 2.45) is 0 Å². The Morgan fingerprint density at radius 3 is 2.19 bits per heavy atom. The fraction of sp³-hybridized carbons (Fsp3) is 0.556. The normalized spacial score (nSPS) is 27.4. The Morgan fingerprint density at radius 2 is 1.68 bits per heavy atom. The third-order valence-corrected chi connectivity index (χ3v) is 7.03. The summed E-state index contributed by atoms with van der Waals surface area (Å²) in [6, 6.07) is 1.15. The number of rotatable bonds is 8. The largest absolute Gasteiger partial charge is 1.00 e. The molecule has 1 aliphatic heterocycles. The van der Waals surface area contributed by atoms with Crippen molar-refractivity contribution in [3.8, 4) is 0 Å². The van der Waals surface area contributed by atoms with E-state index in [2.05, 4.69) is 18.1 Å². The first-order chi connectivity index (χ1) is 13.1. The molecule has 0 radical (unpaired) electrons. The first-order valence-corrected chi connectivity index (χ1v) is 11.7. The topological polar surface area (TPSA) is 276 Å². The van der Waals surface area contributed by atoms with Gasteiger partial charge in [-0.2, -0.15) is 13.6 Å². The van der Waals surface area contributed by atoms with E-state index in [1.165, 1.54) is 0 Å². The Labute approximate surface area is 217 Å². The molecule has 0 saturated carbocycles. The molecule has 1 aromatic rings. The van der Waals surface area contributed by atoms with Gasteiger partial charge >= 0.3 is 88.3 Å². The molecule has 0 aromatic carbocycles. The Kier molecular flexibility index (Phi) is 12.5. The van der Waals surface area contributed by atoms with Crippen LogP contribution in [0.15, 0.2) is 17.1 Å². The fourth-order valence-corrected chi connectivity index (χ4v) is 5.19. The van der Waals surface area contributed by atoms with E-state index in [-0.39, 0.29) is 64.9 Å². The summed E-state index contributed by atoms with van der Waals surface area (Å²) in [5, 5.41) is 24.1. The third-order valence-electron chi connectivity index (χ3n) is 3.23. The van der Waals surface area contributed by atoms with Gasteiger partial charge in [-0.25, -0.2) is 18.5 Å². The number of aromatic nitrogens is 2. The van der Waals surface area contributed by atoms with Crippen LogP contribution < -0.4 is 80.8 Å². The van der Waals surface area contributed by atoms with Crippen molar-refractivity contribution in [3.63, 3.8) is 0 Å². The smallest absolute Gasteiger partial charge is 0.851 e.